The Labute approximate surface area is 166 Å². The number of carbonyl (C=O) groups excluding carboxylic acids is 1. The fraction of sp³-hybridized carbons (Fsp3) is 0.435. The number of nitrogens with zero attached hydrogens (tertiary/aromatic N) is 3. The molecule has 4 nitrogen and oxygen atoms in total. The predicted octanol–water partition coefficient (Wildman–Crippen LogP) is 3.56. The Bertz CT molecular complexity index is 832. The van der Waals surface area contributed by atoms with Gasteiger partial charge in [0, 0.05) is 56.6 Å². The number of carbonyl (C=O) groups is 1. The first-order valence-corrected chi connectivity index (χ1v) is 10.2. The second kappa shape index (κ2) is 8.31. The van der Waals surface area contributed by atoms with E-state index in [2.05, 4.69) is 41.0 Å². The number of piperazine rings is 1. The van der Waals surface area contributed by atoms with E-state index in [4.69, 9.17) is 0 Å². The Balaban J connectivity index is 1.37. The molecule has 5 heteroatoms. The standard InChI is InChI=1S/C23H28FN3O/c1-18-6-2-3-10-22(18)26-14-12-25(13-15-26)21-9-5-11-27(17-21)23(28)19-7-4-8-20(24)16-19/h2-4,6-8,10,16,21H,5,9,11-15,17H2,1H3/t21-/m1/s1. The number of aryl methyl sites for hydroxylation is 1. The Morgan fingerprint density at radius 2 is 1.79 bits per heavy atom. The Kier molecular flexibility index (Phi) is 5.62. The fourth-order valence-corrected chi connectivity index (χ4v) is 4.49. The maximum atomic E-state index is 13.5. The van der Waals surface area contributed by atoms with Gasteiger partial charge in [0.15, 0.2) is 0 Å². The molecule has 1 amide bonds. The third-order valence-electron chi connectivity index (χ3n) is 6.04. The SMILES string of the molecule is Cc1ccccc1N1CCN([C@@H]2CCCN(C(=O)c3cccc(F)c3)C2)CC1. The zero-order chi connectivity index (χ0) is 19.5. The number of hydrogen-bond acceptors (Lipinski definition) is 3. The lowest BCUT2D eigenvalue weighted by molar-refractivity contribution is 0.0563. The lowest BCUT2D eigenvalue weighted by Gasteiger charge is -2.44. The van der Waals surface area contributed by atoms with Crippen LogP contribution in [0.2, 0.25) is 0 Å². The van der Waals surface area contributed by atoms with E-state index in [1.165, 1.54) is 23.4 Å². The van der Waals surface area contributed by atoms with Crippen LogP contribution in [0.25, 0.3) is 0 Å². The van der Waals surface area contributed by atoms with Gasteiger partial charge in [-0.05, 0) is 49.6 Å². The molecule has 0 bridgehead atoms. The van der Waals surface area contributed by atoms with Crippen molar-refractivity contribution in [1.82, 2.24) is 9.80 Å². The molecule has 0 aromatic heterocycles. The van der Waals surface area contributed by atoms with E-state index in [0.717, 1.165) is 52.1 Å². The van der Waals surface area contributed by atoms with Gasteiger partial charge in [-0.15, -0.1) is 0 Å². The number of halogens is 1. The highest BCUT2D eigenvalue weighted by Crippen LogP contribution is 2.24. The summed E-state index contributed by atoms with van der Waals surface area (Å²) in [6.07, 6.45) is 2.13. The van der Waals surface area contributed by atoms with Crippen LogP contribution < -0.4 is 4.90 Å². The average Bonchev–Trinajstić information content (AvgIpc) is 2.74. The zero-order valence-corrected chi connectivity index (χ0v) is 16.5. The molecule has 0 N–H and O–H groups in total. The van der Waals surface area contributed by atoms with E-state index in [1.54, 1.807) is 12.1 Å². The number of para-hydroxylation sites is 1. The van der Waals surface area contributed by atoms with Crippen LogP contribution in [-0.2, 0) is 0 Å². The van der Waals surface area contributed by atoms with E-state index < -0.39 is 0 Å². The first kappa shape index (κ1) is 18.9. The minimum absolute atomic E-state index is 0.0530. The third-order valence-corrected chi connectivity index (χ3v) is 6.04. The molecule has 0 unspecified atom stereocenters. The van der Waals surface area contributed by atoms with Crippen LogP contribution in [0.5, 0.6) is 0 Å². The van der Waals surface area contributed by atoms with Crippen molar-refractivity contribution in [3.8, 4) is 0 Å². The number of hydrogen-bond donors (Lipinski definition) is 0. The Hall–Kier alpha value is -2.40. The summed E-state index contributed by atoms with van der Waals surface area (Å²) in [4.78, 5) is 19.7. The normalized spacial score (nSPS) is 21.0. The van der Waals surface area contributed by atoms with Gasteiger partial charge >= 0.3 is 0 Å². The van der Waals surface area contributed by atoms with Crippen molar-refractivity contribution < 1.29 is 9.18 Å². The molecule has 0 spiro atoms. The molecule has 0 radical (unpaired) electrons. The predicted molar refractivity (Wildman–Crippen MR) is 110 cm³/mol. The molecule has 2 aliphatic heterocycles. The molecule has 0 aliphatic carbocycles. The van der Waals surface area contributed by atoms with Crippen molar-refractivity contribution in [2.24, 2.45) is 0 Å². The van der Waals surface area contributed by atoms with Crippen LogP contribution in [0.1, 0.15) is 28.8 Å². The highest BCUT2D eigenvalue weighted by Gasteiger charge is 2.30. The van der Waals surface area contributed by atoms with Gasteiger partial charge < -0.3 is 9.80 Å². The molecule has 2 aromatic rings. The minimum Gasteiger partial charge on any atom is -0.369 e. The van der Waals surface area contributed by atoms with Gasteiger partial charge in [0.2, 0.25) is 0 Å². The number of anilines is 1. The Morgan fingerprint density at radius 1 is 1.00 bits per heavy atom. The van der Waals surface area contributed by atoms with Crippen LogP contribution in [0.15, 0.2) is 48.5 Å². The first-order valence-electron chi connectivity index (χ1n) is 10.2. The van der Waals surface area contributed by atoms with Crippen LogP contribution >= 0.6 is 0 Å². The molecule has 148 valence electrons. The number of rotatable bonds is 3. The van der Waals surface area contributed by atoms with Gasteiger partial charge in [-0.25, -0.2) is 4.39 Å². The van der Waals surface area contributed by atoms with Crippen LogP contribution in [-0.4, -0.2) is 61.0 Å². The van der Waals surface area contributed by atoms with Gasteiger partial charge in [-0.1, -0.05) is 24.3 Å². The molecule has 2 saturated heterocycles. The molecule has 2 heterocycles. The van der Waals surface area contributed by atoms with E-state index in [9.17, 15) is 9.18 Å². The summed E-state index contributed by atoms with van der Waals surface area (Å²) in [5, 5.41) is 0. The Morgan fingerprint density at radius 3 is 2.54 bits per heavy atom. The quantitative estimate of drug-likeness (QED) is 0.813. The number of piperidine rings is 1. The van der Waals surface area contributed by atoms with E-state index in [-0.39, 0.29) is 11.7 Å². The molecular weight excluding hydrogens is 353 g/mol. The fourth-order valence-electron chi connectivity index (χ4n) is 4.49. The molecule has 4 rings (SSSR count). The smallest absolute Gasteiger partial charge is 0.254 e. The van der Waals surface area contributed by atoms with Crippen LogP contribution in [0, 0.1) is 12.7 Å². The molecule has 2 aliphatic rings. The second-order valence-electron chi connectivity index (χ2n) is 7.87. The lowest BCUT2D eigenvalue weighted by atomic mass is 10.0. The molecule has 2 fully saturated rings. The summed E-state index contributed by atoms with van der Waals surface area (Å²) in [5.74, 6) is -0.408. The highest BCUT2D eigenvalue weighted by atomic mass is 19.1. The zero-order valence-electron chi connectivity index (χ0n) is 16.5. The first-order chi connectivity index (χ1) is 13.6. The number of benzene rings is 2. The monoisotopic (exact) mass is 381 g/mol. The summed E-state index contributed by atoms with van der Waals surface area (Å²) in [5.41, 5.74) is 3.10. The van der Waals surface area contributed by atoms with Gasteiger partial charge in [0.1, 0.15) is 5.82 Å². The third kappa shape index (κ3) is 4.04. The molecular formula is C23H28FN3O. The van der Waals surface area contributed by atoms with Crippen molar-refractivity contribution in [2.45, 2.75) is 25.8 Å². The van der Waals surface area contributed by atoms with Crippen molar-refractivity contribution in [2.75, 3.05) is 44.2 Å². The maximum absolute atomic E-state index is 13.5. The maximum Gasteiger partial charge on any atom is 0.254 e. The van der Waals surface area contributed by atoms with Crippen molar-refractivity contribution in [3.63, 3.8) is 0 Å². The lowest BCUT2D eigenvalue weighted by Crippen LogP contribution is -2.56. The molecule has 1 atom stereocenters. The second-order valence-corrected chi connectivity index (χ2v) is 7.87. The van der Waals surface area contributed by atoms with Crippen molar-refractivity contribution >= 4 is 11.6 Å². The molecule has 2 aromatic carbocycles. The number of amides is 1. The van der Waals surface area contributed by atoms with Crippen LogP contribution in [0.4, 0.5) is 10.1 Å². The summed E-state index contributed by atoms with van der Waals surface area (Å²) in [7, 11) is 0. The largest absolute Gasteiger partial charge is 0.369 e. The van der Waals surface area contributed by atoms with Crippen LogP contribution in [0.3, 0.4) is 0 Å². The van der Waals surface area contributed by atoms with Gasteiger partial charge in [-0.3, -0.25) is 9.69 Å². The van der Waals surface area contributed by atoms with Gasteiger partial charge in [0.25, 0.3) is 5.91 Å². The topological polar surface area (TPSA) is 26.8 Å². The summed E-state index contributed by atoms with van der Waals surface area (Å²) in [6.45, 7) is 7.72. The summed E-state index contributed by atoms with van der Waals surface area (Å²) < 4.78 is 13.5. The van der Waals surface area contributed by atoms with Gasteiger partial charge in [-0.2, -0.15) is 0 Å². The van der Waals surface area contributed by atoms with Gasteiger partial charge in [0.05, 0.1) is 0 Å². The average molecular weight is 381 g/mol. The molecule has 28 heavy (non-hydrogen) atoms. The number of likely N-dealkylation sites (tertiary alicyclic amines) is 1. The highest BCUT2D eigenvalue weighted by molar-refractivity contribution is 5.94. The minimum atomic E-state index is -0.355. The van der Waals surface area contributed by atoms with Crippen molar-refractivity contribution in [3.05, 3.63) is 65.5 Å². The van der Waals surface area contributed by atoms with Crippen molar-refractivity contribution in [1.29, 1.82) is 0 Å². The summed E-state index contributed by atoms with van der Waals surface area (Å²) in [6, 6.07) is 15.0. The van der Waals surface area contributed by atoms with E-state index in [0.29, 0.717) is 11.6 Å². The summed E-state index contributed by atoms with van der Waals surface area (Å²) >= 11 is 0. The van der Waals surface area contributed by atoms with E-state index in [1.807, 2.05) is 4.90 Å². The molecule has 0 saturated carbocycles. The van der Waals surface area contributed by atoms with E-state index >= 15 is 0 Å².